The molecule has 0 amide bonds. The van der Waals surface area contributed by atoms with Gasteiger partial charge in [0.2, 0.25) is 11.6 Å². The van der Waals surface area contributed by atoms with Gasteiger partial charge in [-0.2, -0.15) is 4.57 Å². The molecule has 1 aromatic heterocycles. The Kier molecular flexibility index (Phi) is 5.13. The van der Waals surface area contributed by atoms with Crippen LogP contribution in [-0.4, -0.2) is 16.5 Å². The van der Waals surface area contributed by atoms with Crippen molar-refractivity contribution in [1.82, 2.24) is 0 Å². The highest BCUT2D eigenvalue weighted by atomic mass is 16.6. The largest absolute Gasteiger partial charge is 0.286 e. The van der Waals surface area contributed by atoms with Crippen molar-refractivity contribution in [3.05, 3.63) is 119 Å². The highest BCUT2D eigenvalue weighted by molar-refractivity contribution is 6.16. The highest BCUT2D eigenvalue weighted by Crippen LogP contribution is 2.20. The van der Waals surface area contributed by atoms with Crippen LogP contribution < -0.4 is 4.57 Å². The van der Waals surface area contributed by atoms with Crippen molar-refractivity contribution in [2.24, 2.45) is 0 Å². The van der Waals surface area contributed by atoms with Crippen LogP contribution in [0.5, 0.6) is 0 Å². The number of aromatic nitrogens is 1. The molecule has 6 nitrogen and oxygen atoms in total. The number of carbonyl (C=O) groups excluding carboxylic acids is 2. The van der Waals surface area contributed by atoms with Crippen molar-refractivity contribution in [3.8, 4) is 0 Å². The Labute approximate surface area is 172 Å². The van der Waals surface area contributed by atoms with Crippen LogP contribution in [-0.2, 0) is 0 Å². The summed E-state index contributed by atoms with van der Waals surface area (Å²) >= 11 is 0. The molecule has 0 aliphatic carbocycles. The monoisotopic (exact) mass is 397 g/mol. The molecule has 4 rings (SSSR count). The maximum Gasteiger partial charge on any atom is 0.283 e. The first-order chi connectivity index (χ1) is 14.5. The van der Waals surface area contributed by atoms with E-state index in [0.717, 1.165) is 10.8 Å². The second kappa shape index (κ2) is 8.05. The summed E-state index contributed by atoms with van der Waals surface area (Å²) < 4.78 is 1.60. The number of rotatable bonds is 6. The van der Waals surface area contributed by atoms with Gasteiger partial charge in [-0.3, -0.25) is 19.7 Å². The summed E-state index contributed by atoms with van der Waals surface area (Å²) in [5.74, 6) is -0.779. The first kappa shape index (κ1) is 19.1. The van der Waals surface area contributed by atoms with E-state index in [1.807, 2.05) is 30.3 Å². The molecule has 0 N–H and O–H groups in total. The topological polar surface area (TPSA) is 81.2 Å². The van der Waals surface area contributed by atoms with E-state index in [2.05, 4.69) is 0 Å². The first-order valence-electron chi connectivity index (χ1n) is 9.32. The SMILES string of the molecule is O=C(c1ccccc1)C(C(=O)c1ccc([N+](=O)[O-])cc1)[n+]1ccc2ccccc2c1. The van der Waals surface area contributed by atoms with Gasteiger partial charge in [-0.25, -0.2) is 0 Å². The Morgan fingerprint density at radius 2 is 1.30 bits per heavy atom. The van der Waals surface area contributed by atoms with Crippen molar-refractivity contribution in [1.29, 1.82) is 0 Å². The van der Waals surface area contributed by atoms with E-state index in [0.29, 0.717) is 5.56 Å². The van der Waals surface area contributed by atoms with E-state index < -0.39 is 16.7 Å². The molecule has 4 aromatic rings. The van der Waals surface area contributed by atoms with Gasteiger partial charge in [-0.1, -0.05) is 48.5 Å². The van der Waals surface area contributed by atoms with Crippen LogP contribution in [0.1, 0.15) is 26.8 Å². The minimum absolute atomic E-state index is 0.115. The Morgan fingerprint density at radius 3 is 1.93 bits per heavy atom. The lowest BCUT2D eigenvalue weighted by atomic mass is 9.95. The molecule has 30 heavy (non-hydrogen) atoms. The number of hydrogen-bond acceptors (Lipinski definition) is 4. The normalized spacial score (nSPS) is 11.7. The highest BCUT2D eigenvalue weighted by Gasteiger charge is 2.37. The van der Waals surface area contributed by atoms with Gasteiger partial charge >= 0.3 is 0 Å². The van der Waals surface area contributed by atoms with Crippen LogP contribution >= 0.6 is 0 Å². The molecule has 0 aliphatic rings. The van der Waals surface area contributed by atoms with Crippen LogP contribution in [0.4, 0.5) is 5.69 Å². The molecule has 0 aliphatic heterocycles. The lowest BCUT2D eigenvalue weighted by molar-refractivity contribution is -0.692. The second-order valence-corrected chi connectivity index (χ2v) is 6.82. The summed E-state index contributed by atoms with van der Waals surface area (Å²) in [6, 6.07) is 22.3. The Hall–Kier alpha value is -4.19. The number of carbonyl (C=O) groups is 2. The fourth-order valence-corrected chi connectivity index (χ4v) is 3.37. The lowest BCUT2D eigenvalue weighted by Gasteiger charge is -2.12. The predicted octanol–water partition coefficient (Wildman–Crippen LogP) is 4.34. The standard InChI is InChI=1S/C24H17N2O4/c27-23(18-7-2-1-3-8-18)22(24(28)19-10-12-21(13-11-19)26(29)30)25-15-14-17-6-4-5-9-20(17)16-25/h1-16,22H/q+1. The maximum absolute atomic E-state index is 13.4. The summed E-state index contributed by atoms with van der Waals surface area (Å²) in [6.07, 6.45) is 3.47. The molecule has 1 unspecified atom stereocenters. The number of fused-ring (bicyclic) bond motifs is 1. The quantitative estimate of drug-likeness (QED) is 0.159. The number of non-ortho nitro benzene ring substituents is 1. The maximum atomic E-state index is 13.4. The zero-order valence-corrected chi connectivity index (χ0v) is 15.8. The Balaban J connectivity index is 1.81. The zero-order chi connectivity index (χ0) is 21.1. The number of nitro benzene ring substituents is 1. The average molecular weight is 397 g/mol. The smallest absolute Gasteiger partial charge is 0.283 e. The van der Waals surface area contributed by atoms with Gasteiger partial charge < -0.3 is 0 Å². The number of nitro groups is 1. The van der Waals surface area contributed by atoms with Gasteiger partial charge in [0.05, 0.1) is 4.92 Å². The molecule has 0 fully saturated rings. The van der Waals surface area contributed by atoms with E-state index in [9.17, 15) is 19.7 Å². The summed E-state index contributed by atoms with van der Waals surface area (Å²) in [5, 5.41) is 12.8. The van der Waals surface area contributed by atoms with Gasteiger partial charge in [-0.15, -0.1) is 0 Å². The third-order valence-electron chi connectivity index (χ3n) is 4.93. The third-order valence-corrected chi connectivity index (χ3v) is 4.93. The number of Topliss-reactive ketones (excluding diaryl/α,β-unsaturated/α-hetero) is 2. The molecule has 1 heterocycles. The van der Waals surface area contributed by atoms with Crippen molar-refractivity contribution >= 4 is 28.0 Å². The number of pyridine rings is 1. The molecule has 0 saturated carbocycles. The summed E-state index contributed by atoms with van der Waals surface area (Å²) in [4.78, 5) is 37.1. The molecular weight excluding hydrogens is 380 g/mol. The second-order valence-electron chi connectivity index (χ2n) is 6.82. The molecule has 3 aromatic carbocycles. The number of hydrogen-bond donors (Lipinski definition) is 0. The minimum atomic E-state index is -1.13. The minimum Gasteiger partial charge on any atom is -0.286 e. The number of ketones is 2. The molecule has 0 saturated heterocycles. The Bertz CT molecular complexity index is 1250. The molecule has 0 radical (unpaired) electrons. The zero-order valence-electron chi connectivity index (χ0n) is 15.8. The van der Waals surface area contributed by atoms with E-state index >= 15 is 0 Å². The van der Waals surface area contributed by atoms with Gasteiger partial charge in [-0.05, 0) is 23.6 Å². The molecule has 6 heteroatoms. The van der Waals surface area contributed by atoms with Crippen molar-refractivity contribution in [3.63, 3.8) is 0 Å². The number of benzene rings is 3. The van der Waals surface area contributed by atoms with E-state index in [1.54, 1.807) is 47.3 Å². The van der Waals surface area contributed by atoms with Gasteiger partial charge in [0.1, 0.15) is 0 Å². The van der Waals surface area contributed by atoms with E-state index in [1.165, 1.54) is 24.3 Å². The first-order valence-corrected chi connectivity index (χ1v) is 9.32. The van der Waals surface area contributed by atoms with Crippen LogP contribution in [0.15, 0.2) is 97.3 Å². The lowest BCUT2D eigenvalue weighted by Crippen LogP contribution is -2.48. The van der Waals surface area contributed by atoms with Crippen molar-refractivity contribution in [2.75, 3.05) is 0 Å². The van der Waals surface area contributed by atoms with Gasteiger partial charge in [0.25, 0.3) is 11.7 Å². The Morgan fingerprint density at radius 1 is 0.733 bits per heavy atom. The number of nitrogens with zero attached hydrogens (tertiary/aromatic N) is 2. The van der Waals surface area contributed by atoms with Gasteiger partial charge in [0, 0.05) is 34.7 Å². The molecular formula is C24H17N2O4+. The fraction of sp³-hybridized carbons (Fsp3) is 0.0417. The van der Waals surface area contributed by atoms with E-state index in [-0.39, 0.29) is 17.0 Å². The van der Waals surface area contributed by atoms with Crippen LogP contribution in [0.2, 0.25) is 0 Å². The summed E-state index contributed by atoms with van der Waals surface area (Å²) in [6.45, 7) is 0. The van der Waals surface area contributed by atoms with Crippen LogP contribution in [0, 0.1) is 10.1 Å². The average Bonchev–Trinajstić information content (AvgIpc) is 2.79. The third kappa shape index (κ3) is 3.71. The molecule has 0 spiro atoms. The predicted molar refractivity (Wildman–Crippen MR) is 111 cm³/mol. The van der Waals surface area contributed by atoms with Gasteiger partial charge in [0.15, 0.2) is 12.4 Å². The molecule has 1 atom stereocenters. The van der Waals surface area contributed by atoms with E-state index in [4.69, 9.17) is 0 Å². The van der Waals surface area contributed by atoms with Crippen molar-refractivity contribution < 1.29 is 19.1 Å². The summed E-state index contributed by atoms with van der Waals surface area (Å²) in [7, 11) is 0. The summed E-state index contributed by atoms with van der Waals surface area (Å²) in [5.41, 5.74) is 0.532. The van der Waals surface area contributed by atoms with Crippen LogP contribution in [0.3, 0.4) is 0 Å². The van der Waals surface area contributed by atoms with Crippen LogP contribution in [0.25, 0.3) is 10.8 Å². The van der Waals surface area contributed by atoms with Crippen molar-refractivity contribution in [2.45, 2.75) is 6.04 Å². The molecule has 146 valence electrons. The fourth-order valence-electron chi connectivity index (χ4n) is 3.37. The molecule has 0 bridgehead atoms.